The molecule has 0 aliphatic heterocycles. The van der Waals surface area contributed by atoms with Gasteiger partial charge in [0.15, 0.2) is 0 Å². The molecule has 2 aromatic heterocycles. The molecule has 10 nitrogen and oxygen atoms in total. The molecule has 0 unspecified atom stereocenters. The van der Waals surface area contributed by atoms with Gasteiger partial charge in [0.25, 0.3) is 5.91 Å². The summed E-state index contributed by atoms with van der Waals surface area (Å²) in [7, 11) is 0. The van der Waals surface area contributed by atoms with E-state index in [0.29, 0.717) is 11.8 Å². The number of nitrogens with one attached hydrogen (secondary N) is 2. The Morgan fingerprint density at radius 1 is 1.17 bits per heavy atom. The summed E-state index contributed by atoms with van der Waals surface area (Å²) in [5, 5.41) is 22.6. The average molecular weight is 403 g/mol. The number of aryl methyl sites for hydroxylation is 1. The molecular formula is C20H17N7O3. The monoisotopic (exact) mass is 403 g/mol. The van der Waals surface area contributed by atoms with Crippen LogP contribution in [0.2, 0.25) is 0 Å². The maximum atomic E-state index is 12.6. The number of aromatic carboxylic acids is 1. The number of benzene rings is 2. The van der Waals surface area contributed by atoms with Crippen molar-refractivity contribution in [3.8, 4) is 17.1 Å². The van der Waals surface area contributed by atoms with Crippen LogP contribution in [-0.2, 0) is 6.54 Å². The van der Waals surface area contributed by atoms with Crippen LogP contribution in [-0.4, -0.2) is 46.9 Å². The van der Waals surface area contributed by atoms with Crippen LogP contribution in [0, 0.1) is 6.92 Å². The van der Waals surface area contributed by atoms with E-state index >= 15 is 0 Å². The Labute approximate surface area is 170 Å². The topological polar surface area (TPSA) is 139 Å². The van der Waals surface area contributed by atoms with E-state index in [4.69, 9.17) is 0 Å². The lowest BCUT2D eigenvalue weighted by molar-refractivity contribution is 0.0696. The van der Waals surface area contributed by atoms with Crippen molar-refractivity contribution in [2.24, 2.45) is 0 Å². The normalized spacial score (nSPS) is 10.7. The van der Waals surface area contributed by atoms with Gasteiger partial charge in [-0.15, -0.1) is 5.10 Å². The summed E-state index contributed by atoms with van der Waals surface area (Å²) in [4.78, 5) is 32.0. The zero-order valence-electron chi connectivity index (χ0n) is 15.9. The standard InChI is InChI=1S/C20H17N7O3/c1-12-24-17(26-27(12)20-22-11-23-25-20)18(28)21-10-15-5-2-3-8-16(15)13-6-4-7-14(9-13)19(29)30/h2-9,11H,10H2,1H3,(H,21,28)(H,29,30)(H,22,23,25). The molecule has 0 bridgehead atoms. The minimum atomic E-state index is -0.994. The van der Waals surface area contributed by atoms with Crippen molar-refractivity contribution < 1.29 is 14.7 Å². The summed E-state index contributed by atoms with van der Waals surface area (Å²) in [5.41, 5.74) is 2.62. The van der Waals surface area contributed by atoms with Crippen LogP contribution in [0.3, 0.4) is 0 Å². The summed E-state index contributed by atoms with van der Waals surface area (Å²) < 4.78 is 1.40. The highest BCUT2D eigenvalue weighted by molar-refractivity contribution is 5.91. The molecule has 2 aromatic carbocycles. The summed E-state index contributed by atoms with van der Waals surface area (Å²) in [5.74, 6) is -0.573. The van der Waals surface area contributed by atoms with Crippen LogP contribution in [0.4, 0.5) is 0 Å². The number of carboxylic acids is 1. The molecule has 0 spiro atoms. The first-order valence-electron chi connectivity index (χ1n) is 9.02. The van der Waals surface area contributed by atoms with Gasteiger partial charge in [-0.1, -0.05) is 36.4 Å². The largest absolute Gasteiger partial charge is 0.478 e. The summed E-state index contributed by atoms with van der Waals surface area (Å²) >= 11 is 0. The molecule has 30 heavy (non-hydrogen) atoms. The van der Waals surface area contributed by atoms with Crippen molar-refractivity contribution in [1.82, 2.24) is 35.3 Å². The Hall–Kier alpha value is -4.34. The second-order valence-corrected chi connectivity index (χ2v) is 6.43. The highest BCUT2D eigenvalue weighted by Crippen LogP contribution is 2.24. The molecular weight excluding hydrogens is 386 g/mol. The van der Waals surface area contributed by atoms with E-state index in [1.807, 2.05) is 30.3 Å². The lowest BCUT2D eigenvalue weighted by Crippen LogP contribution is -2.24. The van der Waals surface area contributed by atoms with Crippen molar-refractivity contribution in [3.05, 3.63) is 77.6 Å². The molecule has 2 heterocycles. The van der Waals surface area contributed by atoms with Gasteiger partial charge in [-0.3, -0.25) is 4.79 Å². The van der Waals surface area contributed by atoms with Gasteiger partial charge in [0, 0.05) is 6.54 Å². The number of nitrogens with zero attached hydrogens (tertiary/aromatic N) is 5. The van der Waals surface area contributed by atoms with Crippen molar-refractivity contribution in [2.45, 2.75) is 13.5 Å². The van der Waals surface area contributed by atoms with Crippen molar-refractivity contribution in [1.29, 1.82) is 0 Å². The lowest BCUT2D eigenvalue weighted by atomic mass is 9.98. The first-order valence-corrected chi connectivity index (χ1v) is 9.02. The molecule has 1 amide bonds. The lowest BCUT2D eigenvalue weighted by Gasteiger charge is -2.11. The number of carboxylic acid groups (broad SMARTS) is 1. The second-order valence-electron chi connectivity index (χ2n) is 6.43. The van der Waals surface area contributed by atoms with E-state index in [0.717, 1.165) is 16.7 Å². The number of carbonyl (C=O) groups excluding carboxylic acids is 1. The van der Waals surface area contributed by atoms with Crippen LogP contribution in [0.5, 0.6) is 0 Å². The Morgan fingerprint density at radius 2 is 2.00 bits per heavy atom. The third kappa shape index (κ3) is 3.78. The fraction of sp³-hybridized carbons (Fsp3) is 0.100. The summed E-state index contributed by atoms with van der Waals surface area (Å²) in [6, 6.07) is 14.1. The number of H-pyrrole nitrogens is 1. The second kappa shape index (κ2) is 7.95. The number of amides is 1. The predicted octanol–water partition coefficient (Wildman–Crippen LogP) is 1.99. The molecule has 150 valence electrons. The predicted molar refractivity (Wildman–Crippen MR) is 106 cm³/mol. The number of aromatic nitrogens is 6. The Bertz CT molecular complexity index is 1210. The quantitative estimate of drug-likeness (QED) is 0.447. The molecule has 4 aromatic rings. The van der Waals surface area contributed by atoms with Gasteiger partial charge >= 0.3 is 5.97 Å². The van der Waals surface area contributed by atoms with Gasteiger partial charge in [-0.2, -0.15) is 14.8 Å². The van der Waals surface area contributed by atoms with Crippen LogP contribution < -0.4 is 5.32 Å². The van der Waals surface area contributed by atoms with Gasteiger partial charge in [0.2, 0.25) is 11.8 Å². The Morgan fingerprint density at radius 3 is 2.77 bits per heavy atom. The highest BCUT2D eigenvalue weighted by Gasteiger charge is 2.17. The van der Waals surface area contributed by atoms with Crippen LogP contribution in [0.15, 0.2) is 54.9 Å². The van der Waals surface area contributed by atoms with E-state index in [9.17, 15) is 14.7 Å². The maximum absolute atomic E-state index is 12.6. The number of carbonyl (C=O) groups is 2. The van der Waals surface area contributed by atoms with Gasteiger partial charge in [-0.05, 0) is 35.7 Å². The van der Waals surface area contributed by atoms with Crippen molar-refractivity contribution in [3.63, 3.8) is 0 Å². The Kier molecular flexibility index (Phi) is 5.04. The van der Waals surface area contributed by atoms with Crippen molar-refractivity contribution >= 4 is 11.9 Å². The molecule has 10 heteroatoms. The SMILES string of the molecule is Cc1nc(C(=O)NCc2ccccc2-c2cccc(C(=O)O)c2)nn1-c1ncn[nH]1. The zero-order valence-corrected chi connectivity index (χ0v) is 15.9. The molecule has 4 rings (SSSR count). The molecule has 0 saturated carbocycles. The van der Waals surface area contributed by atoms with Gasteiger partial charge in [-0.25, -0.2) is 14.9 Å². The Balaban J connectivity index is 1.54. The van der Waals surface area contributed by atoms with Gasteiger partial charge in [0.05, 0.1) is 5.56 Å². The van der Waals surface area contributed by atoms with Crippen LogP contribution in [0.25, 0.3) is 17.1 Å². The zero-order chi connectivity index (χ0) is 21.1. The molecule has 3 N–H and O–H groups in total. The first-order chi connectivity index (χ1) is 14.5. The van der Waals surface area contributed by atoms with Gasteiger partial charge in [0.1, 0.15) is 12.2 Å². The van der Waals surface area contributed by atoms with E-state index in [-0.39, 0.29) is 17.9 Å². The molecule has 0 atom stereocenters. The minimum Gasteiger partial charge on any atom is -0.478 e. The third-order valence-electron chi connectivity index (χ3n) is 4.45. The number of hydrogen-bond donors (Lipinski definition) is 3. The fourth-order valence-electron chi connectivity index (χ4n) is 3.02. The third-order valence-corrected chi connectivity index (χ3v) is 4.45. The van der Waals surface area contributed by atoms with E-state index in [1.165, 1.54) is 17.1 Å². The average Bonchev–Trinajstić information content (AvgIpc) is 3.42. The van der Waals surface area contributed by atoms with Gasteiger partial charge < -0.3 is 10.4 Å². The summed E-state index contributed by atoms with van der Waals surface area (Å²) in [6.07, 6.45) is 1.34. The highest BCUT2D eigenvalue weighted by atomic mass is 16.4. The summed E-state index contributed by atoms with van der Waals surface area (Å²) in [6.45, 7) is 1.93. The van der Waals surface area contributed by atoms with E-state index in [2.05, 4.69) is 30.6 Å². The molecule has 0 saturated heterocycles. The first kappa shape index (κ1) is 19.0. The number of hydrogen-bond acceptors (Lipinski definition) is 6. The van der Waals surface area contributed by atoms with Crippen molar-refractivity contribution in [2.75, 3.05) is 0 Å². The van der Waals surface area contributed by atoms with E-state index < -0.39 is 11.9 Å². The van der Waals surface area contributed by atoms with Crippen LogP contribution >= 0.6 is 0 Å². The fourth-order valence-corrected chi connectivity index (χ4v) is 3.02. The minimum absolute atomic E-state index is 0.00857. The van der Waals surface area contributed by atoms with E-state index in [1.54, 1.807) is 19.1 Å². The molecule has 0 fully saturated rings. The molecule has 0 aliphatic carbocycles. The number of rotatable bonds is 6. The smallest absolute Gasteiger partial charge is 0.335 e. The number of aromatic amines is 1. The van der Waals surface area contributed by atoms with Crippen LogP contribution in [0.1, 0.15) is 32.4 Å². The molecule has 0 aliphatic rings. The maximum Gasteiger partial charge on any atom is 0.335 e. The molecule has 0 radical (unpaired) electrons.